The third kappa shape index (κ3) is 3.44. The summed E-state index contributed by atoms with van der Waals surface area (Å²) in [6.07, 6.45) is 1.71. The Labute approximate surface area is 77.6 Å². The lowest BCUT2D eigenvalue weighted by atomic mass is 9.94. The number of rotatable bonds is 3. The number of piperidine rings is 1. The lowest BCUT2D eigenvalue weighted by molar-refractivity contribution is -0.144. The van der Waals surface area contributed by atoms with Crippen molar-refractivity contribution >= 4 is 11.9 Å². The number of esters is 1. The Balaban J connectivity index is 2.27. The molecule has 1 rings (SSSR count). The molecule has 4 heteroatoms. The molecule has 0 bridgehead atoms. The first kappa shape index (κ1) is 10.0. The lowest BCUT2D eigenvalue weighted by Crippen LogP contribution is -2.34. The topological polar surface area (TPSA) is 55.4 Å². The molecule has 1 N–H and O–H groups in total. The van der Waals surface area contributed by atoms with Crippen molar-refractivity contribution < 1.29 is 14.3 Å². The predicted octanol–water partition coefficient (Wildman–Crippen LogP) is 0.466. The smallest absolute Gasteiger partial charge is 0.306 e. The third-order valence-electron chi connectivity index (χ3n) is 2.11. The van der Waals surface area contributed by atoms with Crippen LogP contribution in [0, 0.1) is 5.92 Å². The molecule has 1 saturated heterocycles. The second kappa shape index (κ2) is 4.84. The monoisotopic (exact) mass is 185 g/mol. The summed E-state index contributed by atoms with van der Waals surface area (Å²) in [5, 5.41) is 2.73. The fourth-order valence-electron chi connectivity index (χ4n) is 1.48. The summed E-state index contributed by atoms with van der Waals surface area (Å²) < 4.78 is 4.81. The van der Waals surface area contributed by atoms with Crippen molar-refractivity contribution in [1.29, 1.82) is 0 Å². The normalized spacial score (nSPS) is 22.2. The summed E-state index contributed by atoms with van der Waals surface area (Å²) in [5.41, 5.74) is 0. The maximum atomic E-state index is 11.1. The van der Waals surface area contributed by atoms with Crippen LogP contribution in [0.4, 0.5) is 0 Å². The highest BCUT2D eigenvalue weighted by Crippen LogP contribution is 2.16. The molecule has 0 spiro atoms. The van der Waals surface area contributed by atoms with E-state index >= 15 is 0 Å². The van der Waals surface area contributed by atoms with Gasteiger partial charge in [-0.15, -0.1) is 0 Å². The van der Waals surface area contributed by atoms with E-state index in [2.05, 4.69) is 5.32 Å². The fraction of sp³-hybridized carbons (Fsp3) is 0.778. The van der Waals surface area contributed by atoms with Gasteiger partial charge in [0.15, 0.2) is 0 Å². The predicted molar refractivity (Wildman–Crippen MR) is 47.0 cm³/mol. The third-order valence-corrected chi connectivity index (χ3v) is 2.11. The highest BCUT2D eigenvalue weighted by molar-refractivity contribution is 5.78. The molecule has 1 heterocycles. The van der Waals surface area contributed by atoms with E-state index in [1.165, 1.54) is 0 Å². The van der Waals surface area contributed by atoms with Crippen LogP contribution in [0.25, 0.3) is 0 Å². The molecule has 1 aliphatic heterocycles. The second-order valence-corrected chi connectivity index (χ2v) is 3.22. The van der Waals surface area contributed by atoms with Crippen molar-refractivity contribution in [2.24, 2.45) is 5.92 Å². The van der Waals surface area contributed by atoms with Crippen molar-refractivity contribution in [2.75, 3.05) is 13.2 Å². The van der Waals surface area contributed by atoms with E-state index in [9.17, 15) is 9.59 Å². The molecule has 0 aliphatic carbocycles. The van der Waals surface area contributed by atoms with E-state index < -0.39 is 0 Å². The van der Waals surface area contributed by atoms with E-state index in [-0.39, 0.29) is 17.8 Å². The van der Waals surface area contributed by atoms with Crippen LogP contribution < -0.4 is 5.32 Å². The highest BCUT2D eigenvalue weighted by Gasteiger charge is 2.21. The van der Waals surface area contributed by atoms with Crippen molar-refractivity contribution in [3.8, 4) is 0 Å². The number of carbonyl (C=O) groups excluding carboxylic acids is 2. The zero-order valence-electron chi connectivity index (χ0n) is 7.84. The molecular formula is C9H15NO3. The van der Waals surface area contributed by atoms with Gasteiger partial charge in [-0.2, -0.15) is 0 Å². The van der Waals surface area contributed by atoms with Crippen molar-refractivity contribution in [2.45, 2.75) is 26.2 Å². The molecule has 0 aromatic carbocycles. The van der Waals surface area contributed by atoms with Gasteiger partial charge in [0.25, 0.3) is 0 Å². The fourth-order valence-corrected chi connectivity index (χ4v) is 1.48. The summed E-state index contributed by atoms with van der Waals surface area (Å²) in [4.78, 5) is 22.0. The summed E-state index contributed by atoms with van der Waals surface area (Å²) in [5.74, 6) is 0.0237. The molecule has 1 amide bonds. The molecule has 1 atom stereocenters. The van der Waals surface area contributed by atoms with E-state index in [4.69, 9.17) is 4.74 Å². The summed E-state index contributed by atoms with van der Waals surface area (Å²) >= 11 is 0. The second-order valence-electron chi connectivity index (χ2n) is 3.22. The van der Waals surface area contributed by atoms with Crippen molar-refractivity contribution in [3.05, 3.63) is 0 Å². The first-order valence-electron chi connectivity index (χ1n) is 4.64. The van der Waals surface area contributed by atoms with Crippen LogP contribution >= 0.6 is 0 Å². The van der Waals surface area contributed by atoms with Crippen LogP contribution in [0.2, 0.25) is 0 Å². The SMILES string of the molecule is CCOC(=O)C[C@H]1CCNC(=O)C1. The average Bonchev–Trinajstić information content (AvgIpc) is 2.04. The van der Waals surface area contributed by atoms with E-state index in [1.54, 1.807) is 6.92 Å². The van der Waals surface area contributed by atoms with E-state index in [0.29, 0.717) is 26.0 Å². The quantitative estimate of drug-likeness (QED) is 0.650. The summed E-state index contributed by atoms with van der Waals surface area (Å²) in [6, 6.07) is 0. The minimum atomic E-state index is -0.192. The van der Waals surface area contributed by atoms with Crippen molar-refractivity contribution in [3.63, 3.8) is 0 Å². The minimum absolute atomic E-state index is 0.0422. The van der Waals surface area contributed by atoms with E-state index in [1.807, 2.05) is 0 Å². The molecule has 74 valence electrons. The number of hydrogen-bond donors (Lipinski definition) is 1. The Morgan fingerprint density at radius 2 is 2.46 bits per heavy atom. The van der Waals surface area contributed by atoms with Gasteiger partial charge in [0, 0.05) is 19.4 Å². The maximum absolute atomic E-state index is 11.1. The number of nitrogens with one attached hydrogen (secondary N) is 1. The molecule has 1 aliphatic rings. The molecule has 0 aromatic rings. The van der Waals surface area contributed by atoms with Gasteiger partial charge >= 0.3 is 5.97 Å². The minimum Gasteiger partial charge on any atom is -0.466 e. The van der Waals surface area contributed by atoms with E-state index in [0.717, 1.165) is 6.42 Å². The number of ether oxygens (including phenoxy) is 1. The largest absolute Gasteiger partial charge is 0.466 e. The standard InChI is InChI=1S/C9H15NO3/c1-2-13-9(12)6-7-3-4-10-8(11)5-7/h7H,2-6H2,1H3,(H,10,11)/t7-/m0/s1. The molecule has 4 nitrogen and oxygen atoms in total. The Hall–Kier alpha value is -1.06. The molecular weight excluding hydrogens is 170 g/mol. The molecule has 1 fully saturated rings. The first-order valence-corrected chi connectivity index (χ1v) is 4.64. The van der Waals surface area contributed by atoms with Crippen LogP contribution in [0.15, 0.2) is 0 Å². The van der Waals surface area contributed by atoms with Gasteiger partial charge in [-0.25, -0.2) is 0 Å². The van der Waals surface area contributed by atoms with Gasteiger partial charge in [-0.3, -0.25) is 9.59 Å². The van der Waals surface area contributed by atoms with Crippen LogP contribution in [0.1, 0.15) is 26.2 Å². The Kier molecular flexibility index (Phi) is 3.73. The van der Waals surface area contributed by atoms with Crippen LogP contribution in [-0.2, 0) is 14.3 Å². The van der Waals surface area contributed by atoms with Gasteiger partial charge in [0.2, 0.25) is 5.91 Å². The van der Waals surface area contributed by atoms with Gasteiger partial charge in [-0.05, 0) is 19.3 Å². The lowest BCUT2D eigenvalue weighted by Gasteiger charge is -2.20. The zero-order chi connectivity index (χ0) is 9.68. The molecule has 13 heavy (non-hydrogen) atoms. The maximum Gasteiger partial charge on any atom is 0.306 e. The molecule has 0 aromatic heterocycles. The Bertz CT molecular complexity index is 203. The van der Waals surface area contributed by atoms with Gasteiger partial charge in [-0.1, -0.05) is 0 Å². The van der Waals surface area contributed by atoms with Crippen LogP contribution in [0.3, 0.4) is 0 Å². The highest BCUT2D eigenvalue weighted by atomic mass is 16.5. The van der Waals surface area contributed by atoms with Crippen molar-refractivity contribution in [1.82, 2.24) is 5.32 Å². The molecule has 0 saturated carbocycles. The van der Waals surface area contributed by atoms with Gasteiger partial charge in [0.1, 0.15) is 0 Å². The Morgan fingerprint density at radius 3 is 3.08 bits per heavy atom. The van der Waals surface area contributed by atoms with Gasteiger partial charge < -0.3 is 10.1 Å². The number of hydrogen-bond acceptors (Lipinski definition) is 3. The zero-order valence-corrected chi connectivity index (χ0v) is 7.84. The summed E-state index contributed by atoms with van der Waals surface area (Å²) in [6.45, 7) is 2.88. The average molecular weight is 185 g/mol. The molecule has 0 unspecified atom stereocenters. The Morgan fingerprint density at radius 1 is 1.69 bits per heavy atom. The van der Waals surface area contributed by atoms with Crippen LogP contribution in [-0.4, -0.2) is 25.0 Å². The number of amides is 1. The summed E-state index contributed by atoms with van der Waals surface area (Å²) in [7, 11) is 0. The number of carbonyl (C=O) groups is 2. The molecule has 0 radical (unpaired) electrons. The van der Waals surface area contributed by atoms with Gasteiger partial charge in [0.05, 0.1) is 6.61 Å². The van der Waals surface area contributed by atoms with Crippen LogP contribution in [0.5, 0.6) is 0 Å². The first-order chi connectivity index (χ1) is 6.22.